The zero-order valence-electron chi connectivity index (χ0n) is 11.0. The van der Waals surface area contributed by atoms with Crippen LogP contribution in [0.2, 0.25) is 10.0 Å². The third-order valence-corrected chi connectivity index (χ3v) is 4.15. The second-order valence-electron chi connectivity index (χ2n) is 4.74. The van der Waals surface area contributed by atoms with Crippen LogP contribution < -0.4 is 5.32 Å². The standard InChI is InChI=1S/C7H5Cl2NS2.C6H12N2/c8-4-1-2-5(9)6(3-4)10-7(11)12;1-2-8-5-3-7(1)4-6-8/h1-3H,(H2,10,11,12);1-6H2. The maximum Gasteiger partial charge on any atom is 0.135 e. The molecule has 0 radical (unpaired) electrons. The third-order valence-electron chi connectivity index (χ3n) is 3.37. The lowest BCUT2D eigenvalue weighted by Crippen LogP contribution is -2.55. The van der Waals surface area contributed by atoms with Crippen LogP contribution in [0, 0.1) is 0 Å². The molecular formula is C13H17Cl2N3S2. The number of nitrogens with zero attached hydrogens (tertiary/aromatic N) is 2. The summed E-state index contributed by atoms with van der Waals surface area (Å²) in [7, 11) is 0. The number of thiocarbonyl (C=S) groups is 1. The fraction of sp³-hybridized carbons (Fsp3) is 0.462. The van der Waals surface area contributed by atoms with Gasteiger partial charge in [-0.3, -0.25) is 9.80 Å². The number of hydrogen-bond acceptors (Lipinski definition) is 3. The molecule has 7 heteroatoms. The minimum Gasteiger partial charge on any atom is -0.340 e. The highest BCUT2D eigenvalue weighted by Gasteiger charge is 2.21. The van der Waals surface area contributed by atoms with E-state index in [1.807, 2.05) is 0 Å². The molecule has 110 valence electrons. The van der Waals surface area contributed by atoms with Crippen molar-refractivity contribution in [2.45, 2.75) is 0 Å². The minimum atomic E-state index is 0.360. The highest BCUT2D eigenvalue weighted by Crippen LogP contribution is 2.25. The zero-order valence-corrected chi connectivity index (χ0v) is 14.2. The molecule has 0 aliphatic carbocycles. The quantitative estimate of drug-likeness (QED) is 0.598. The summed E-state index contributed by atoms with van der Waals surface area (Å²) in [5.41, 5.74) is 0.671. The van der Waals surface area contributed by atoms with Gasteiger partial charge in [0.15, 0.2) is 0 Å². The van der Waals surface area contributed by atoms with Crippen molar-refractivity contribution in [1.82, 2.24) is 9.80 Å². The predicted molar refractivity (Wildman–Crippen MR) is 94.5 cm³/mol. The minimum absolute atomic E-state index is 0.360. The van der Waals surface area contributed by atoms with Crippen molar-refractivity contribution in [3.63, 3.8) is 0 Å². The van der Waals surface area contributed by atoms with E-state index in [2.05, 4.69) is 27.7 Å². The number of hydrogen-bond donors (Lipinski definition) is 2. The van der Waals surface area contributed by atoms with E-state index >= 15 is 0 Å². The van der Waals surface area contributed by atoms with E-state index in [0.29, 0.717) is 20.1 Å². The average Bonchev–Trinajstić information content (AvgIpc) is 2.45. The lowest BCUT2D eigenvalue weighted by Gasteiger charge is -2.41. The molecule has 0 unspecified atom stereocenters. The summed E-state index contributed by atoms with van der Waals surface area (Å²) in [5, 5.41) is 3.96. The van der Waals surface area contributed by atoms with E-state index in [1.165, 1.54) is 39.3 Å². The van der Waals surface area contributed by atoms with E-state index in [-0.39, 0.29) is 0 Å². The summed E-state index contributed by atoms with van der Waals surface area (Å²) in [6.45, 7) is 7.92. The highest BCUT2D eigenvalue weighted by atomic mass is 35.5. The molecule has 0 amide bonds. The Morgan fingerprint density at radius 2 is 1.55 bits per heavy atom. The van der Waals surface area contributed by atoms with Crippen molar-refractivity contribution in [2.75, 3.05) is 44.6 Å². The molecule has 20 heavy (non-hydrogen) atoms. The van der Waals surface area contributed by atoms with Crippen molar-refractivity contribution in [1.29, 1.82) is 0 Å². The molecule has 1 aromatic carbocycles. The Morgan fingerprint density at radius 3 is 1.95 bits per heavy atom. The van der Waals surface area contributed by atoms with E-state index in [1.54, 1.807) is 18.2 Å². The molecule has 3 aliphatic rings. The summed E-state index contributed by atoms with van der Waals surface area (Å²) in [5.74, 6) is 0. The van der Waals surface area contributed by atoms with Gasteiger partial charge in [0.05, 0.1) is 10.7 Å². The van der Waals surface area contributed by atoms with Crippen LogP contribution in [-0.4, -0.2) is 53.4 Å². The molecular weight excluding hydrogens is 333 g/mol. The van der Waals surface area contributed by atoms with Gasteiger partial charge < -0.3 is 5.32 Å². The van der Waals surface area contributed by atoms with Gasteiger partial charge in [-0.2, -0.15) is 0 Å². The van der Waals surface area contributed by atoms with Gasteiger partial charge in [-0.1, -0.05) is 35.4 Å². The van der Waals surface area contributed by atoms with Gasteiger partial charge in [-0.15, -0.1) is 12.6 Å². The highest BCUT2D eigenvalue weighted by molar-refractivity contribution is 8.11. The van der Waals surface area contributed by atoms with Crippen LogP contribution >= 0.6 is 48.0 Å². The molecule has 3 nitrogen and oxygen atoms in total. The van der Waals surface area contributed by atoms with Crippen molar-refractivity contribution in [3.8, 4) is 0 Å². The first kappa shape index (κ1) is 16.3. The zero-order chi connectivity index (χ0) is 14.5. The van der Waals surface area contributed by atoms with Crippen LogP contribution in [0.15, 0.2) is 18.2 Å². The third kappa shape index (κ3) is 5.06. The van der Waals surface area contributed by atoms with E-state index in [9.17, 15) is 0 Å². The molecule has 3 saturated heterocycles. The van der Waals surface area contributed by atoms with Crippen molar-refractivity contribution >= 4 is 58.1 Å². The topological polar surface area (TPSA) is 18.5 Å². The SMILES string of the molecule is C1CN2CCN1CC2.S=C(S)Nc1cc(Cl)ccc1Cl. The van der Waals surface area contributed by atoms with Crippen molar-refractivity contribution in [3.05, 3.63) is 28.2 Å². The van der Waals surface area contributed by atoms with Crippen LogP contribution in [-0.2, 0) is 0 Å². The van der Waals surface area contributed by atoms with Gasteiger partial charge in [0.25, 0.3) is 0 Å². The number of anilines is 1. The summed E-state index contributed by atoms with van der Waals surface area (Å²) >= 11 is 20.2. The Bertz CT molecular complexity index is 454. The Balaban J connectivity index is 0.000000157. The molecule has 0 atom stereocenters. The number of piperazine rings is 3. The Kier molecular flexibility index (Phi) is 6.39. The van der Waals surface area contributed by atoms with Crippen LogP contribution in [0.4, 0.5) is 5.69 Å². The second-order valence-corrected chi connectivity index (χ2v) is 6.74. The molecule has 3 heterocycles. The number of halogens is 2. The number of nitrogens with one attached hydrogen (secondary N) is 1. The first-order valence-electron chi connectivity index (χ1n) is 6.44. The van der Waals surface area contributed by atoms with Crippen LogP contribution in [0.25, 0.3) is 0 Å². The first-order valence-corrected chi connectivity index (χ1v) is 8.05. The predicted octanol–water partition coefficient (Wildman–Crippen LogP) is 3.24. The van der Waals surface area contributed by atoms with Gasteiger partial charge >= 0.3 is 0 Å². The molecule has 1 N–H and O–H groups in total. The number of benzene rings is 1. The summed E-state index contributed by atoms with van der Waals surface area (Å²) < 4.78 is 0.360. The Morgan fingerprint density at radius 1 is 1.05 bits per heavy atom. The maximum absolute atomic E-state index is 5.83. The number of fused-ring (bicyclic) bond motifs is 3. The normalized spacial score (nSPS) is 23.8. The molecule has 1 aromatic rings. The van der Waals surface area contributed by atoms with E-state index < -0.39 is 0 Å². The smallest absolute Gasteiger partial charge is 0.135 e. The van der Waals surface area contributed by atoms with Crippen molar-refractivity contribution in [2.24, 2.45) is 0 Å². The average molecular weight is 350 g/mol. The second kappa shape index (κ2) is 7.82. The van der Waals surface area contributed by atoms with Gasteiger partial charge in [-0.25, -0.2) is 0 Å². The number of thiol groups is 1. The van der Waals surface area contributed by atoms with E-state index in [0.717, 1.165) is 0 Å². The Hall–Kier alpha value is -0.0400. The van der Waals surface area contributed by atoms with Gasteiger partial charge in [0.2, 0.25) is 0 Å². The van der Waals surface area contributed by atoms with Crippen LogP contribution in [0.5, 0.6) is 0 Å². The molecule has 0 saturated carbocycles. The lowest BCUT2D eigenvalue weighted by atomic mass is 10.2. The van der Waals surface area contributed by atoms with Crippen molar-refractivity contribution < 1.29 is 0 Å². The van der Waals surface area contributed by atoms with Crippen LogP contribution in [0.3, 0.4) is 0 Å². The van der Waals surface area contributed by atoms with Gasteiger partial charge in [-0.05, 0) is 18.2 Å². The lowest BCUT2D eigenvalue weighted by molar-refractivity contribution is 0.0647. The molecule has 4 rings (SSSR count). The molecule has 0 spiro atoms. The monoisotopic (exact) mass is 349 g/mol. The number of rotatable bonds is 1. The van der Waals surface area contributed by atoms with E-state index in [4.69, 9.17) is 35.4 Å². The first-order chi connectivity index (χ1) is 9.54. The van der Waals surface area contributed by atoms with Gasteiger partial charge in [0, 0.05) is 44.3 Å². The summed E-state index contributed by atoms with van der Waals surface area (Å²) in [6.07, 6.45) is 0. The fourth-order valence-corrected chi connectivity index (χ4v) is 2.80. The van der Waals surface area contributed by atoms with Gasteiger partial charge in [0.1, 0.15) is 4.32 Å². The van der Waals surface area contributed by atoms with Crippen LogP contribution in [0.1, 0.15) is 0 Å². The fourth-order valence-electron chi connectivity index (χ4n) is 2.23. The largest absolute Gasteiger partial charge is 0.340 e. The Labute approximate surface area is 140 Å². The molecule has 3 aliphatic heterocycles. The summed E-state index contributed by atoms with van der Waals surface area (Å²) in [4.78, 5) is 5.08. The maximum atomic E-state index is 5.83. The molecule has 3 fully saturated rings. The summed E-state index contributed by atoms with van der Waals surface area (Å²) in [6, 6.07) is 5.08. The molecule has 2 bridgehead atoms. The molecule has 0 aromatic heterocycles.